The minimum atomic E-state index is -1.07. The van der Waals surface area contributed by atoms with Crippen molar-refractivity contribution in [1.82, 2.24) is 0 Å². The Morgan fingerprint density at radius 2 is 1.84 bits per heavy atom. The summed E-state index contributed by atoms with van der Waals surface area (Å²) in [5.41, 5.74) is -0.0110. The zero-order valence-electron chi connectivity index (χ0n) is 9.45. The number of aromatic carboxylic acids is 1. The van der Waals surface area contributed by atoms with Gasteiger partial charge in [-0.15, -0.1) is 11.3 Å². The summed E-state index contributed by atoms with van der Waals surface area (Å²) in [5, 5.41) is 30.2. The summed E-state index contributed by atoms with van der Waals surface area (Å²) in [7, 11) is 0. The summed E-state index contributed by atoms with van der Waals surface area (Å²) in [6.07, 6.45) is 0. The molecule has 0 bridgehead atoms. The summed E-state index contributed by atoms with van der Waals surface area (Å²) >= 11 is 0.910. The van der Waals surface area contributed by atoms with E-state index in [1.807, 2.05) is 0 Å². The van der Waals surface area contributed by atoms with Crippen LogP contribution in [0.15, 0.2) is 30.3 Å². The molecule has 0 aliphatic heterocycles. The first-order chi connectivity index (χ1) is 8.97. The van der Waals surface area contributed by atoms with Crippen molar-refractivity contribution in [3.8, 4) is 11.5 Å². The highest BCUT2D eigenvalue weighted by molar-refractivity contribution is 7.18. The number of amides is 1. The Balaban J connectivity index is 2.18. The van der Waals surface area contributed by atoms with E-state index in [9.17, 15) is 14.7 Å². The van der Waals surface area contributed by atoms with Gasteiger partial charge in [-0.3, -0.25) is 4.79 Å². The number of carbonyl (C=O) groups excluding carboxylic acids is 1. The molecule has 0 saturated carbocycles. The van der Waals surface area contributed by atoms with Crippen LogP contribution in [-0.2, 0) is 0 Å². The predicted octanol–water partition coefficient (Wildman–Crippen LogP) is 2.11. The second-order valence-electron chi connectivity index (χ2n) is 3.62. The van der Waals surface area contributed by atoms with Gasteiger partial charge in [0.05, 0.1) is 10.6 Å². The van der Waals surface area contributed by atoms with Crippen LogP contribution in [0.5, 0.6) is 11.5 Å². The van der Waals surface area contributed by atoms with Crippen molar-refractivity contribution in [2.24, 2.45) is 0 Å². The smallest absolute Gasteiger partial charge is 0.345 e. The highest BCUT2D eigenvalue weighted by atomic mass is 32.1. The number of anilines is 1. The summed E-state index contributed by atoms with van der Waals surface area (Å²) in [5.74, 6) is -2.17. The molecule has 2 aromatic rings. The number of carboxylic acid groups (broad SMARTS) is 1. The second kappa shape index (κ2) is 4.99. The summed E-state index contributed by atoms with van der Waals surface area (Å²) < 4.78 is 0. The molecule has 0 unspecified atom stereocenters. The third-order valence-corrected chi connectivity index (χ3v) is 3.27. The van der Waals surface area contributed by atoms with Crippen molar-refractivity contribution in [3.63, 3.8) is 0 Å². The van der Waals surface area contributed by atoms with Crippen molar-refractivity contribution >= 4 is 28.2 Å². The average Bonchev–Trinajstić information content (AvgIpc) is 2.77. The first kappa shape index (κ1) is 12.9. The van der Waals surface area contributed by atoms with Gasteiger partial charge in [0, 0.05) is 6.07 Å². The van der Waals surface area contributed by atoms with Gasteiger partial charge in [-0.05, 0) is 24.3 Å². The van der Waals surface area contributed by atoms with Crippen molar-refractivity contribution < 1.29 is 24.9 Å². The quantitative estimate of drug-likeness (QED) is 0.688. The van der Waals surface area contributed by atoms with E-state index in [1.54, 1.807) is 0 Å². The number of hydrogen-bond donors (Lipinski definition) is 4. The Morgan fingerprint density at radius 3 is 2.42 bits per heavy atom. The second-order valence-corrected chi connectivity index (χ2v) is 4.71. The van der Waals surface area contributed by atoms with E-state index in [2.05, 4.69) is 5.32 Å². The van der Waals surface area contributed by atoms with Gasteiger partial charge in [0.25, 0.3) is 5.91 Å². The molecular formula is C12H9NO5S. The molecule has 0 aliphatic rings. The number of carboxylic acids is 1. The lowest BCUT2D eigenvalue weighted by molar-refractivity contribution is 0.0702. The number of benzene rings is 1. The molecule has 1 amide bonds. The molecule has 0 atom stereocenters. The van der Waals surface area contributed by atoms with Crippen LogP contribution in [0, 0.1) is 0 Å². The van der Waals surface area contributed by atoms with Gasteiger partial charge in [-0.25, -0.2) is 4.79 Å². The Bertz CT molecular complexity index is 649. The van der Waals surface area contributed by atoms with Crippen LogP contribution < -0.4 is 5.32 Å². The molecule has 0 spiro atoms. The zero-order chi connectivity index (χ0) is 14.0. The van der Waals surface area contributed by atoms with E-state index in [-0.39, 0.29) is 21.9 Å². The maximum Gasteiger partial charge on any atom is 0.345 e. The fourth-order valence-corrected chi connectivity index (χ4v) is 2.15. The number of hydrogen-bond acceptors (Lipinski definition) is 5. The fraction of sp³-hybridized carbons (Fsp3) is 0. The standard InChI is InChI=1S/C12H9NO5S/c14-6-1-2-7(8(15)5-6)11(16)13-10-4-3-9(19-10)12(17)18/h1-5,14-15H,(H,13,16)(H,17,18). The largest absolute Gasteiger partial charge is 0.508 e. The highest BCUT2D eigenvalue weighted by Gasteiger charge is 2.14. The van der Waals surface area contributed by atoms with Crippen LogP contribution in [0.4, 0.5) is 5.00 Å². The maximum atomic E-state index is 11.8. The van der Waals surface area contributed by atoms with Crippen LogP contribution >= 0.6 is 11.3 Å². The van der Waals surface area contributed by atoms with Crippen LogP contribution in [0.25, 0.3) is 0 Å². The van der Waals surface area contributed by atoms with Crippen LogP contribution in [0.2, 0.25) is 0 Å². The molecule has 1 aromatic carbocycles. The van der Waals surface area contributed by atoms with E-state index in [0.717, 1.165) is 17.4 Å². The SMILES string of the molecule is O=C(O)c1ccc(NC(=O)c2ccc(O)cc2O)s1. The third kappa shape index (κ3) is 2.83. The lowest BCUT2D eigenvalue weighted by atomic mass is 10.2. The van der Waals surface area contributed by atoms with Crippen LogP contribution in [-0.4, -0.2) is 27.2 Å². The van der Waals surface area contributed by atoms with E-state index in [0.29, 0.717) is 5.00 Å². The van der Waals surface area contributed by atoms with Crippen molar-refractivity contribution in [2.75, 3.05) is 5.32 Å². The molecule has 4 N–H and O–H groups in total. The van der Waals surface area contributed by atoms with Gasteiger partial charge in [-0.2, -0.15) is 0 Å². The van der Waals surface area contributed by atoms with Gasteiger partial charge in [0.1, 0.15) is 16.4 Å². The Hall–Kier alpha value is -2.54. The summed E-state index contributed by atoms with van der Waals surface area (Å²) in [6, 6.07) is 6.42. The zero-order valence-corrected chi connectivity index (χ0v) is 10.3. The normalized spacial score (nSPS) is 10.1. The van der Waals surface area contributed by atoms with E-state index >= 15 is 0 Å². The van der Waals surface area contributed by atoms with E-state index in [1.165, 1.54) is 24.3 Å². The Morgan fingerprint density at radius 1 is 1.11 bits per heavy atom. The number of phenols is 2. The number of thiophene rings is 1. The maximum absolute atomic E-state index is 11.8. The molecule has 6 nitrogen and oxygen atoms in total. The minimum absolute atomic E-state index is 0.0110. The van der Waals surface area contributed by atoms with Crippen LogP contribution in [0.1, 0.15) is 20.0 Å². The lowest BCUT2D eigenvalue weighted by Gasteiger charge is -2.05. The molecule has 0 aliphatic carbocycles. The molecule has 1 heterocycles. The molecule has 0 saturated heterocycles. The Labute approximate surface area is 111 Å². The monoisotopic (exact) mass is 279 g/mol. The number of aromatic hydroxyl groups is 2. The summed E-state index contributed by atoms with van der Waals surface area (Å²) in [6.45, 7) is 0. The molecule has 2 rings (SSSR count). The third-order valence-electron chi connectivity index (χ3n) is 2.28. The molecule has 0 fully saturated rings. The van der Waals surface area contributed by atoms with Gasteiger partial charge in [-0.1, -0.05) is 0 Å². The van der Waals surface area contributed by atoms with E-state index in [4.69, 9.17) is 10.2 Å². The summed E-state index contributed by atoms with van der Waals surface area (Å²) in [4.78, 5) is 22.6. The van der Waals surface area contributed by atoms with Crippen molar-refractivity contribution in [1.29, 1.82) is 0 Å². The number of phenolic OH excluding ortho intramolecular Hbond substituents is 2. The van der Waals surface area contributed by atoms with Gasteiger partial charge in [0.2, 0.25) is 0 Å². The lowest BCUT2D eigenvalue weighted by Crippen LogP contribution is -2.10. The average molecular weight is 279 g/mol. The number of rotatable bonds is 3. The molecule has 98 valence electrons. The minimum Gasteiger partial charge on any atom is -0.508 e. The Kier molecular flexibility index (Phi) is 3.39. The fourth-order valence-electron chi connectivity index (χ4n) is 1.41. The highest BCUT2D eigenvalue weighted by Crippen LogP contribution is 2.26. The predicted molar refractivity (Wildman–Crippen MR) is 69.0 cm³/mol. The number of nitrogens with one attached hydrogen (secondary N) is 1. The first-order valence-electron chi connectivity index (χ1n) is 5.14. The van der Waals surface area contributed by atoms with Crippen LogP contribution in [0.3, 0.4) is 0 Å². The van der Waals surface area contributed by atoms with Gasteiger partial charge < -0.3 is 20.6 Å². The molecule has 1 aromatic heterocycles. The van der Waals surface area contributed by atoms with Crippen molar-refractivity contribution in [2.45, 2.75) is 0 Å². The molecule has 19 heavy (non-hydrogen) atoms. The topological polar surface area (TPSA) is 107 Å². The molecule has 0 radical (unpaired) electrons. The number of carbonyl (C=O) groups is 2. The van der Waals surface area contributed by atoms with E-state index < -0.39 is 11.9 Å². The molecule has 7 heteroatoms. The van der Waals surface area contributed by atoms with Crippen molar-refractivity contribution in [3.05, 3.63) is 40.8 Å². The van der Waals surface area contributed by atoms with Gasteiger partial charge >= 0.3 is 5.97 Å². The molecular weight excluding hydrogens is 270 g/mol. The van der Waals surface area contributed by atoms with Gasteiger partial charge in [0.15, 0.2) is 0 Å². The first-order valence-corrected chi connectivity index (χ1v) is 5.95.